The second-order valence-corrected chi connectivity index (χ2v) is 10.3. The van der Waals surface area contributed by atoms with Gasteiger partial charge in [0.05, 0.1) is 22.7 Å². The van der Waals surface area contributed by atoms with E-state index in [-0.39, 0.29) is 30.8 Å². The van der Waals surface area contributed by atoms with Crippen LogP contribution in [0, 0.1) is 0 Å². The highest BCUT2D eigenvalue weighted by Gasteiger charge is 2.37. The first-order valence-corrected chi connectivity index (χ1v) is 12.4. The summed E-state index contributed by atoms with van der Waals surface area (Å²) in [5, 5.41) is 9.02. The van der Waals surface area contributed by atoms with Crippen LogP contribution in [0.25, 0.3) is 6.08 Å². The number of carboxylic acid groups (broad SMARTS) is 1. The van der Waals surface area contributed by atoms with Crippen LogP contribution in [0.1, 0.15) is 49.7 Å². The standard InChI is InChI=1S/C24H24F3NO5S/c25-24(26,27)18-6-3-7-20(14-18)34(31,32)28-15-19(9-11-23(29)30)33-22-10-8-17(13-21(22)28)12-16-4-1-2-5-16/h3,6-8,10,12-14,19H,1-2,4-5,9,11,15H2,(H,29,30). The van der Waals surface area contributed by atoms with Gasteiger partial charge in [-0.15, -0.1) is 0 Å². The van der Waals surface area contributed by atoms with Crippen LogP contribution in [0.4, 0.5) is 18.9 Å². The Balaban J connectivity index is 1.76. The molecule has 1 N–H and O–H groups in total. The SMILES string of the molecule is O=C(O)CCC1CN(S(=O)(=O)c2cccc(C(F)(F)F)c2)c2cc(C=C3CCCC3)ccc2O1. The molecule has 10 heteroatoms. The van der Waals surface area contributed by atoms with Crippen molar-refractivity contribution in [3.63, 3.8) is 0 Å². The van der Waals surface area contributed by atoms with Gasteiger partial charge in [-0.3, -0.25) is 9.10 Å². The first kappa shape index (κ1) is 24.1. The molecule has 1 atom stereocenters. The molecule has 6 nitrogen and oxygen atoms in total. The lowest BCUT2D eigenvalue weighted by Crippen LogP contribution is -2.43. The molecule has 2 aliphatic rings. The number of benzene rings is 2. The van der Waals surface area contributed by atoms with E-state index in [1.54, 1.807) is 18.2 Å². The van der Waals surface area contributed by atoms with Crippen LogP contribution in [0.5, 0.6) is 5.75 Å². The molecule has 1 unspecified atom stereocenters. The maximum atomic E-state index is 13.5. The highest BCUT2D eigenvalue weighted by Crippen LogP contribution is 2.40. The molecule has 0 spiro atoms. The van der Waals surface area contributed by atoms with Crippen LogP contribution < -0.4 is 9.04 Å². The van der Waals surface area contributed by atoms with Gasteiger partial charge in [0.1, 0.15) is 11.9 Å². The average molecular weight is 496 g/mol. The molecule has 2 aromatic carbocycles. The van der Waals surface area contributed by atoms with Crippen LogP contribution in [0.15, 0.2) is 52.9 Å². The minimum Gasteiger partial charge on any atom is -0.486 e. The summed E-state index contributed by atoms with van der Waals surface area (Å²) < 4.78 is 73.7. The fourth-order valence-electron chi connectivity index (χ4n) is 4.25. The summed E-state index contributed by atoms with van der Waals surface area (Å²) in [6, 6.07) is 8.67. The molecule has 1 saturated carbocycles. The summed E-state index contributed by atoms with van der Waals surface area (Å²) in [7, 11) is -4.39. The van der Waals surface area contributed by atoms with Crippen LogP contribution in [0.2, 0.25) is 0 Å². The van der Waals surface area contributed by atoms with E-state index in [9.17, 15) is 26.4 Å². The van der Waals surface area contributed by atoms with Gasteiger partial charge in [0.2, 0.25) is 0 Å². The Morgan fingerprint density at radius 3 is 2.56 bits per heavy atom. The third-order valence-electron chi connectivity index (χ3n) is 5.96. The van der Waals surface area contributed by atoms with E-state index >= 15 is 0 Å². The van der Waals surface area contributed by atoms with E-state index in [4.69, 9.17) is 9.84 Å². The number of fused-ring (bicyclic) bond motifs is 1. The first-order chi connectivity index (χ1) is 16.0. The quantitative estimate of drug-likeness (QED) is 0.574. The molecule has 2 aromatic rings. The van der Waals surface area contributed by atoms with E-state index in [0.29, 0.717) is 6.07 Å². The molecule has 182 valence electrons. The largest absolute Gasteiger partial charge is 0.486 e. The Morgan fingerprint density at radius 2 is 1.88 bits per heavy atom. The topological polar surface area (TPSA) is 83.9 Å². The number of sulfonamides is 1. The molecular weight excluding hydrogens is 471 g/mol. The summed E-state index contributed by atoms with van der Waals surface area (Å²) in [4.78, 5) is 10.5. The van der Waals surface area contributed by atoms with Gasteiger partial charge in [-0.1, -0.05) is 23.8 Å². The molecule has 0 bridgehead atoms. The molecule has 4 rings (SSSR count). The monoisotopic (exact) mass is 495 g/mol. The minimum atomic E-state index is -4.70. The Morgan fingerprint density at radius 1 is 1.15 bits per heavy atom. The van der Waals surface area contributed by atoms with Crippen molar-refractivity contribution in [1.29, 1.82) is 0 Å². The van der Waals surface area contributed by atoms with Gasteiger partial charge in [-0.2, -0.15) is 13.2 Å². The van der Waals surface area contributed by atoms with Gasteiger partial charge in [-0.05, 0) is 68.0 Å². The molecule has 0 saturated heterocycles. The average Bonchev–Trinajstić information content (AvgIpc) is 3.29. The lowest BCUT2D eigenvalue weighted by Gasteiger charge is -2.35. The molecule has 1 heterocycles. The smallest absolute Gasteiger partial charge is 0.416 e. The fraction of sp³-hybridized carbons (Fsp3) is 0.375. The maximum absolute atomic E-state index is 13.5. The number of carboxylic acids is 1. The molecule has 0 amide bonds. The molecule has 1 aliphatic heterocycles. The number of nitrogens with zero attached hydrogens (tertiary/aromatic N) is 1. The van der Waals surface area contributed by atoms with Crippen LogP contribution in [-0.4, -0.2) is 32.1 Å². The predicted octanol–water partition coefficient (Wildman–Crippen LogP) is 5.48. The van der Waals surface area contributed by atoms with Crippen molar-refractivity contribution in [1.82, 2.24) is 0 Å². The van der Waals surface area contributed by atoms with Gasteiger partial charge in [0.25, 0.3) is 10.0 Å². The van der Waals surface area contributed by atoms with Crippen molar-refractivity contribution in [3.05, 3.63) is 59.2 Å². The summed E-state index contributed by atoms with van der Waals surface area (Å²) in [6.07, 6.45) is 0.494. The molecule has 0 aromatic heterocycles. The second-order valence-electron chi connectivity index (χ2n) is 8.47. The number of aliphatic carboxylic acids is 1. The summed E-state index contributed by atoms with van der Waals surface area (Å²) in [5.74, 6) is -0.814. The normalized spacial score (nSPS) is 18.4. The van der Waals surface area contributed by atoms with Gasteiger partial charge in [-0.25, -0.2) is 8.42 Å². The first-order valence-electron chi connectivity index (χ1n) is 11.0. The number of allylic oxidation sites excluding steroid dienone is 1. The van der Waals surface area contributed by atoms with Gasteiger partial charge >= 0.3 is 12.1 Å². The Hall–Kier alpha value is -3.01. The fourth-order valence-corrected chi connectivity index (χ4v) is 5.80. The van der Waals surface area contributed by atoms with E-state index in [1.807, 2.05) is 6.08 Å². The van der Waals surface area contributed by atoms with Gasteiger partial charge < -0.3 is 9.84 Å². The number of rotatable bonds is 6. The van der Waals surface area contributed by atoms with E-state index < -0.39 is 38.7 Å². The van der Waals surface area contributed by atoms with Crippen molar-refractivity contribution in [2.24, 2.45) is 0 Å². The third-order valence-corrected chi connectivity index (χ3v) is 7.74. The number of anilines is 1. The highest BCUT2D eigenvalue weighted by molar-refractivity contribution is 7.92. The number of alkyl halides is 3. The highest BCUT2D eigenvalue weighted by atomic mass is 32.2. The number of carbonyl (C=O) groups is 1. The Bertz CT molecular complexity index is 1220. The zero-order valence-corrected chi connectivity index (χ0v) is 19.0. The lowest BCUT2D eigenvalue weighted by molar-refractivity contribution is -0.138. The number of halogens is 3. The minimum absolute atomic E-state index is 0.0508. The lowest BCUT2D eigenvalue weighted by atomic mass is 10.1. The van der Waals surface area contributed by atoms with E-state index in [2.05, 4.69) is 0 Å². The van der Waals surface area contributed by atoms with Crippen molar-refractivity contribution < 1.29 is 36.2 Å². The van der Waals surface area contributed by atoms with Crippen molar-refractivity contribution in [2.75, 3.05) is 10.8 Å². The van der Waals surface area contributed by atoms with Gasteiger partial charge in [0, 0.05) is 6.42 Å². The summed E-state index contributed by atoms with van der Waals surface area (Å²) in [5.41, 5.74) is 1.18. The van der Waals surface area contributed by atoms with Crippen molar-refractivity contribution in [3.8, 4) is 5.75 Å². The van der Waals surface area contributed by atoms with Crippen molar-refractivity contribution >= 4 is 27.8 Å². The predicted molar refractivity (Wildman–Crippen MR) is 120 cm³/mol. The summed E-state index contributed by atoms with van der Waals surface area (Å²) >= 11 is 0. The molecule has 0 radical (unpaired) electrons. The number of hydrogen-bond donors (Lipinski definition) is 1. The van der Waals surface area contributed by atoms with E-state index in [1.165, 1.54) is 5.57 Å². The van der Waals surface area contributed by atoms with Crippen LogP contribution >= 0.6 is 0 Å². The van der Waals surface area contributed by atoms with Crippen LogP contribution in [0.3, 0.4) is 0 Å². The van der Waals surface area contributed by atoms with E-state index in [0.717, 1.165) is 53.8 Å². The molecule has 1 fully saturated rings. The maximum Gasteiger partial charge on any atom is 0.416 e. The van der Waals surface area contributed by atoms with Crippen molar-refractivity contribution in [2.45, 2.75) is 55.7 Å². The summed E-state index contributed by atoms with van der Waals surface area (Å²) in [6.45, 7) is -0.209. The number of ether oxygens (including phenoxy) is 1. The second kappa shape index (κ2) is 9.32. The Labute approximate surface area is 195 Å². The zero-order valence-electron chi connectivity index (χ0n) is 18.2. The molecule has 1 aliphatic carbocycles. The molecule has 34 heavy (non-hydrogen) atoms. The Kier molecular flexibility index (Phi) is 6.62. The van der Waals surface area contributed by atoms with Gasteiger partial charge in [0.15, 0.2) is 0 Å². The third kappa shape index (κ3) is 5.22. The zero-order chi connectivity index (χ0) is 24.5. The number of hydrogen-bond acceptors (Lipinski definition) is 4. The molecular formula is C24H24F3NO5S. The van der Waals surface area contributed by atoms with Crippen LogP contribution in [-0.2, 0) is 21.0 Å².